The molecule has 0 radical (unpaired) electrons. The Morgan fingerprint density at radius 3 is 2.59 bits per heavy atom. The lowest BCUT2D eigenvalue weighted by Crippen LogP contribution is -2.57. The molecule has 0 bridgehead atoms. The summed E-state index contributed by atoms with van der Waals surface area (Å²) >= 11 is 0. The quantitative estimate of drug-likeness (QED) is 0.715. The highest BCUT2D eigenvalue weighted by atomic mass is 35.5. The number of rotatable bonds is 6. The van der Waals surface area contributed by atoms with E-state index in [1.807, 2.05) is 13.8 Å². The summed E-state index contributed by atoms with van der Waals surface area (Å²) in [6, 6.07) is -0.720. The first-order valence-corrected chi connectivity index (χ1v) is 7.44. The Kier molecular flexibility index (Phi) is 9.32. The van der Waals surface area contributed by atoms with Gasteiger partial charge in [-0.15, -0.1) is 12.4 Å². The summed E-state index contributed by atoms with van der Waals surface area (Å²) in [4.78, 5) is 23.2. The van der Waals surface area contributed by atoms with Gasteiger partial charge in [-0.25, -0.2) is 4.79 Å². The van der Waals surface area contributed by atoms with Gasteiger partial charge in [-0.3, -0.25) is 4.79 Å². The first-order valence-electron chi connectivity index (χ1n) is 7.44. The minimum absolute atomic E-state index is 0. The molecule has 3 N–H and O–H groups in total. The van der Waals surface area contributed by atoms with Gasteiger partial charge < -0.3 is 20.5 Å². The van der Waals surface area contributed by atoms with Crippen LogP contribution in [0.2, 0.25) is 0 Å². The maximum atomic E-state index is 11.9. The third-order valence-electron chi connectivity index (χ3n) is 3.51. The molecule has 0 saturated heterocycles. The van der Waals surface area contributed by atoms with Crippen LogP contribution in [0.5, 0.6) is 0 Å². The summed E-state index contributed by atoms with van der Waals surface area (Å²) in [5.74, 6) is -0.534. The van der Waals surface area contributed by atoms with Gasteiger partial charge in [-0.2, -0.15) is 0 Å². The molecule has 0 fully saturated rings. The van der Waals surface area contributed by atoms with Crippen LogP contribution in [-0.4, -0.2) is 42.8 Å². The van der Waals surface area contributed by atoms with Gasteiger partial charge in [0.15, 0.2) is 0 Å². The van der Waals surface area contributed by atoms with Gasteiger partial charge in [-0.1, -0.05) is 6.92 Å². The predicted molar refractivity (Wildman–Crippen MR) is 86.8 cm³/mol. The van der Waals surface area contributed by atoms with Crippen molar-refractivity contribution in [2.24, 2.45) is 5.73 Å². The number of esters is 1. The maximum Gasteiger partial charge on any atom is 0.333 e. The number of amides is 1. The maximum absolute atomic E-state index is 11.9. The molecule has 1 aliphatic carbocycles. The lowest BCUT2D eigenvalue weighted by molar-refractivity contribution is -0.139. The van der Waals surface area contributed by atoms with Crippen molar-refractivity contribution in [3.8, 4) is 0 Å². The van der Waals surface area contributed by atoms with E-state index in [0.717, 1.165) is 6.42 Å². The molecular weight excluding hydrogens is 308 g/mol. The fraction of sp³-hybridized carbons (Fsp3) is 0.733. The number of nitrogens with two attached hydrogens (primary N) is 1. The second-order valence-electron chi connectivity index (χ2n) is 5.33. The second-order valence-corrected chi connectivity index (χ2v) is 5.33. The van der Waals surface area contributed by atoms with Crippen molar-refractivity contribution in [3.63, 3.8) is 0 Å². The van der Waals surface area contributed by atoms with E-state index < -0.39 is 6.10 Å². The van der Waals surface area contributed by atoms with Gasteiger partial charge in [0.25, 0.3) is 0 Å². The van der Waals surface area contributed by atoms with Gasteiger partial charge in [-0.05, 0) is 32.8 Å². The minimum atomic E-state index is -0.424. The van der Waals surface area contributed by atoms with Crippen LogP contribution in [-0.2, 0) is 19.1 Å². The summed E-state index contributed by atoms with van der Waals surface area (Å²) < 4.78 is 10.9. The molecule has 1 rings (SSSR count). The van der Waals surface area contributed by atoms with Gasteiger partial charge >= 0.3 is 5.97 Å². The van der Waals surface area contributed by atoms with Crippen LogP contribution >= 0.6 is 12.4 Å². The lowest BCUT2D eigenvalue weighted by atomic mass is 9.88. The third kappa shape index (κ3) is 5.94. The van der Waals surface area contributed by atoms with E-state index in [1.165, 1.54) is 6.92 Å². The van der Waals surface area contributed by atoms with Crippen LogP contribution in [0, 0.1) is 0 Å². The SMILES string of the molecule is CCOC(=O)C1=C[C@@H](OC(C)CC)[C@H](NC(C)=O)[C@@H](N)C1.Cl. The number of nitrogens with one attached hydrogen (secondary N) is 1. The second kappa shape index (κ2) is 9.82. The van der Waals surface area contributed by atoms with Crippen LogP contribution in [0.25, 0.3) is 0 Å². The first kappa shape index (κ1) is 20.9. The average molecular weight is 335 g/mol. The van der Waals surface area contributed by atoms with Crippen LogP contribution in [0.1, 0.15) is 40.5 Å². The average Bonchev–Trinajstić information content (AvgIpc) is 2.42. The number of ether oxygens (including phenoxy) is 2. The smallest absolute Gasteiger partial charge is 0.333 e. The van der Waals surface area contributed by atoms with E-state index >= 15 is 0 Å². The van der Waals surface area contributed by atoms with E-state index in [1.54, 1.807) is 13.0 Å². The number of carbonyl (C=O) groups excluding carboxylic acids is 2. The molecule has 0 spiro atoms. The molecule has 6 nitrogen and oxygen atoms in total. The molecule has 128 valence electrons. The number of hydrogen-bond acceptors (Lipinski definition) is 5. The Morgan fingerprint density at radius 1 is 1.45 bits per heavy atom. The molecule has 1 amide bonds. The Morgan fingerprint density at radius 2 is 2.09 bits per heavy atom. The molecule has 1 unspecified atom stereocenters. The predicted octanol–water partition coefficient (Wildman–Crippen LogP) is 1.32. The summed E-state index contributed by atoms with van der Waals surface area (Å²) in [6.07, 6.45) is 2.52. The molecule has 0 aromatic heterocycles. The number of carbonyl (C=O) groups is 2. The van der Waals surface area contributed by atoms with E-state index in [2.05, 4.69) is 5.32 Å². The van der Waals surface area contributed by atoms with E-state index in [0.29, 0.717) is 18.6 Å². The number of hydrogen-bond donors (Lipinski definition) is 2. The summed E-state index contributed by atoms with van der Waals surface area (Å²) in [5, 5.41) is 2.82. The largest absolute Gasteiger partial charge is 0.463 e. The molecule has 7 heteroatoms. The normalized spacial score (nSPS) is 25.5. The summed E-state index contributed by atoms with van der Waals surface area (Å²) in [6.45, 7) is 7.48. The van der Waals surface area contributed by atoms with Crippen LogP contribution in [0.15, 0.2) is 11.6 Å². The first-order chi connectivity index (χ1) is 9.88. The van der Waals surface area contributed by atoms with Crippen molar-refractivity contribution in [1.29, 1.82) is 0 Å². The van der Waals surface area contributed by atoms with Gasteiger partial charge in [0.05, 0.1) is 24.9 Å². The number of halogens is 1. The van der Waals surface area contributed by atoms with E-state index in [-0.39, 0.29) is 42.5 Å². The Labute approximate surface area is 138 Å². The molecular formula is C15H27ClN2O4. The van der Waals surface area contributed by atoms with Crippen molar-refractivity contribution in [2.45, 2.75) is 64.8 Å². The molecule has 0 aliphatic heterocycles. The molecule has 1 aliphatic rings. The van der Waals surface area contributed by atoms with Crippen molar-refractivity contribution < 1.29 is 19.1 Å². The zero-order chi connectivity index (χ0) is 16.0. The van der Waals surface area contributed by atoms with Crippen molar-refractivity contribution in [2.75, 3.05) is 6.61 Å². The van der Waals surface area contributed by atoms with E-state index in [9.17, 15) is 9.59 Å². The summed E-state index contributed by atoms with van der Waals surface area (Å²) in [7, 11) is 0. The van der Waals surface area contributed by atoms with Crippen molar-refractivity contribution in [1.82, 2.24) is 5.32 Å². The van der Waals surface area contributed by atoms with Gasteiger partial charge in [0, 0.05) is 18.5 Å². The Hall–Kier alpha value is -1.11. The van der Waals surface area contributed by atoms with E-state index in [4.69, 9.17) is 15.2 Å². The third-order valence-corrected chi connectivity index (χ3v) is 3.51. The van der Waals surface area contributed by atoms with Gasteiger partial charge in [0.1, 0.15) is 0 Å². The molecule has 0 saturated carbocycles. The van der Waals surface area contributed by atoms with Crippen molar-refractivity contribution in [3.05, 3.63) is 11.6 Å². The highest BCUT2D eigenvalue weighted by Crippen LogP contribution is 2.23. The highest BCUT2D eigenvalue weighted by Gasteiger charge is 2.35. The Balaban J connectivity index is 0.00000441. The van der Waals surface area contributed by atoms with Crippen LogP contribution < -0.4 is 11.1 Å². The standard InChI is InChI=1S/C15H26N2O4.ClH/c1-5-9(3)21-13-8-11(15(19)20-6-2)7-12(16)14(13)17-10(4)18;/h8-9,12-14H,5-7,16H2,1-4H3,(H,17,18);1H/t9?,12-,13+,14+;/m0./s1. The topological polar surface area (TPSA) is 90.6 Å². The van der Waals surface area contributed by atoms with Crippen LogP contribution in [0.4, 0.5) is 0 Å². The molecule has 0 aromatic rings. The monoisotopic (exact) mass is 334 g/mol. The fourth-order valence-corrected chi connectivity index (χ4v) is 2.28. The van der Waals surface area contributed by atoms with Crippen LogP contribution in [0.3, 0.4) is 0 Å². The fourth-order valence-electron chi connectivity index (χ4n) is 2.28. The minimum Gasteiger partial charge on any atom is -0.463 e. The lowest BCUT2D eigenvalue weighted by Gasteiger charge is -2.36. The zero-order valence-corrected chi connectivity index (χ0v) is 14.4. The molecule has 0 heterocycles. The Bertz CT molecular complexity index is 414. The molecule has 0 aromatic carbocycles. The highest BCUT2D eigenvalue weighted by molar-refractivity contribution is 5.89. The van der Waals surface area contributed by atoms with Gasteiger partial charge in [0.2, 0.25) is 5.91 Å². The molecule has 22 heavy (non-hydrogen) atoms. The zero-order valence-electron chi connectivity index (χ0n) is 13.6. The summed E-state index contributed by atoms with van der Waals surface area (Å²) in [5.41, 5.74) is 6.63. The molecule has 4 atom stereocenters. The van der Waals surface area contributed by atoms with Crippen molar-refractivity contribution >= 4 is 24.3 Å².